The maximum Gasteiger partial charge on any atom is 0.196 e. The van der Waals surface area contributed by atoms with Crippen LogP contribution < -0.4 is 5.32 Å². The lowest BCUT2D eigenvalue weighted by Gasteiger charge is -2.09. The molecule has 102 valence electrons. The Balaban J connectivity index is 2.05. The number of fused-ring (bicyclic) bond motifs is 1. The molecule has 0 spiro atoms. The van der Waals surface area contributed by atoms with Crippen LogP contribution in [-0.2, 0) is 6.42 Å². The Labute approximate surface area is 117 Å². The topological polar surface area (TPSA) is 29.1 Å². The van der Waals surface area contributed by atoms with Gasteiger partial charge in [0, 0.05) is 17.8 Å². The van der Waals surface area contributed by atoms with Crippen molar-refractivity contribution in [3.05, 3.63) is 64.0 Å². The Morgan fingerprint density at radius 2 is 2.00 bits per heavy atom. The van der Waals surface area contributed by atoms with Gasteiger partial charge in [0.25, 0.3) is 0 Å². The molecule has 0 amide bonds. The number of nitrogens with one attached hydrogen (secondary N) is 1. The van der Waals surface area contributed by atoms with Crippen LogP contribution in [0.1, 0.15) is 32.6 Å². The number of aryl methyl sites for hydroxylation is 2. The summed E-state index contributed by atoms with van der Waals surface area (Å²) in [6, 6.07) is 8.80. The molecule has 3 rings (SSSR count). The van der Waals surface area contributed by atoms with E-state index < -0.39 is 5.82 Å². The number of benzene rings is 2. The van der Waals surface area contributed by atoms with E-state index in [-0.39, 0.29) is 11.3 Å². The third kappa shape index (κ3) is 2.09. The minimum Gasteiger partial charge on any atom is -0.384 e. The van der Waals surface area contributed by atoms with Gasteiger partial charge in [0.05, 0.1) is 5.56 Å². The highest BCUT2D eigenvalue weighted by molar-refractivity contribution is 6.10. The summed E-state index contributed by atoms with van der Waals surface area (Å²) in [6.07, 6.45) is 0.974. The summed E-state index contributed by atoms with van der Waals surface area (Å²) in [5, 5.41) is 3.24. The molecule has 0 aliphatic carbocycles. The molecule has 20 heavy (non-hydrogen) atoms. The van der Waals surface area contributed by atoms with Gasteiger partial charge in [-0.2, -0.15) is 0 Å². The second-order valence-corrected chi connectivity index (χ2v) is 5.32. The minimum atomic E-state index is -0.444. The summed E-state index contributed by atoms with van der Waals surface area (Å²) in [7, 11) is 0. The lowest BCUT2D eigenvalue weighted by molar-refractivity contribution is 0.103. The highest BCUT2D eigenvalue weighted by atomic mass is 19.1. The molecule has 0 aromatic heterocycles. The number of anilines is 1. The molecule has 1 aliphatic heterocycles. The minimum absolute atomic E-state index is 0.175. The van der Waals surface area contributed by atoms with E-state index in [2.05, 4.69) is 5.32 Å². The van der Waals surface area contributed by atoms with Gasteiger partial charge in [0.1, 0.15) is 5.82 Å². The molecule has 2 aromatic rings. The van der Waals surface area contributed by atoms with Crippen LogP contribution >= 0.6 is 0 Å². The fourth-order valence-corrected chi connectivity index (χ4v) is 2.78. The molecule has 0 atom stereocenters. The Morgan fingerprint density at radius 3 is 2.75 bits per heavy atom. The number of carbonyl (C=O) groups is 1. The van der Waals surface area contributed by atoms with E-state index in [9.17, 15) is 9.18 Å². The molecule has 2 aromatic carbocycles. The predicted octanol–water partition coefficient (Wildman–Crippen LogP) is 3.64. The van der Waals surface area contributed by atoms with Crippen LogP contribution in [0.5, 0.6) is 0 Å². The summed E-state index contributed by atoms with van der Waals surface area (Å²) < 4.78 is 14.1. The molecule has 0 bridgehead atoms. The van der Waals surface area contributed by atoms with Crippen molar-refractivity contribution in [1.82, 2.24) is 0 Å². The monoisotopic (exact) mass is 269 g/mol. The molecule has 1 N–H and O–H groups in total. The standard InChI is InChI=1S/C17H16FNO/c1-10-7-11(2)16(14(18)8-10)17(20)13-4-3-12-5-6-19-15(12)9-13/h3-4,7-9,19H,5-6H2,1-2H3. The summed E-state index contributed by atoms with van der Waals surface area (Å²) in [5.74, 6) is -0.697. The lowest BCUT2D eigenvalue weighted by atomic mass is 9.96. The van der Waals surface area contributed by atoms with E-state index in [1.807, 2.05) is 25.1 Å². The third-order valence-corrected chi connectivity index (χ3v) is 3.74. The number of hydrogen-bond acceptors (Lipinski definition) is 2. The number of hydrogen-bond donors (Lipinski definition) is 1. The fraction of sp³-hybridized carbons (Fsp3) is 0.235. The average molecular weight is 269 g/mol. The average Bonchev–Trinajstić information content (AvgIpc) is 2.84. The summed E-state index contributed by atoms with van der Waals surface area (Å²) in [4.78, 5) is 12.5. The molecule has 2 nitrogen and oxygen atoms in total. The molecule has 1 aliphatic rings. The fourth-order valence-electron chi connectivity index (χ4n) is 2.78. The Bertz CT molecular complexity index is 683. The van der Waals surface area contributed by atoms with Crippen molar-refractivity contribution in [2.75, 3.05) is 11.9 Å². The second-order valence-electron chi connectivity index (χ2n) is 5.32. The van der Waals surface area contributed by atoms with Crippen LogP contribution in [0, 0.1) is 19.7 Å². The smallest absolute Gasteiger partial charge is 0.196 e. The molecule has 0 fully saturated rings. The van der Waals surface area contributed by atoms with E-state index in [4.69, 9.17) is 0 Å². The highest BCUT2D eigenvalue weighted by Crippen LogP contribution is 2.26. The van der Waals surface area contributed by atoms with Gasteiger partial charge >= 0.3 is 0 Å². The quantitative estimate of drug-likeness (QED) is 0.843. The molecule has 1 heterocycles. The maximum absolute atomic E-state index is 14.1. The third-order valence-electron chi connectivity index (χ3n) is 3.74. The van der Waals surface area contributed by atoms with Gasteiger partial charge in [0.2, 0.25) is 0 Å². The first-order valence-electron chi connectivity index (χ1n) is 6.74. The summed E-state index contributed by atoms with van der Waals surface area (Å²) in [5.41, 5.74) is 4.41. The van der Waals surface area contributed by atoms with Crippen LogP contribution in [-0.4, -0.2) is 12.3 Å². The molecule has 0 unspecified atom stereocenters. The zero-order chi connectivity index (χ0) is 14.3. The molecule has 3 heteroatoms. The summed E-state index contributed by atoms with van der Waals surface area (Å²) >= 11 is 0. The zero-order valence-corrected chi connectivity index (χ0v) is 11.6. The molecule has 0 saturated carbocycles. The van der Waals surface area contributed by atoms with Gasteiger partial charge in [-0.25, -0.2) is 4.39 Å². The SMILES string of the molecule is Cc1cc(C)c(C(=O)c2ccc3c(c2)NCC3)c(F)c1. The van der Waals surface area contributed by atoms with Gasteiger partial charge in [0.15, 0.2) is 5.78 Å². The van der Waals surface area contributed by atoms with Gasteiger partial charge < -0.3 is 5.32 Å². The molecule has 0 saturated heterocycles. The maximum atomic E-state index is 14.1. The first-order valence-corrected chi connectivity index (χ1v) is 6.74. The first-order chi connectivity index (χ1) is 9.56. The predicted molar refractivity (Wildman–Crippen MR) is 77.9 cm³/mol. The largest absolute Gasteiger partial charge is 0.384 e. The van der Waals surface area contributed by atoms with Gasteiger partial charge in [-0.1, -0.05) is 18.2 Å². The lowest BCUT2D eigenvalue weighted by Crippen LogP contribution is -2.08. The molecular weight excluding hydrogens is 253 g/mol. The zero-order valence-electron chi connectivity index (χ0n) is 11.6. The van der Waals surface area contributed by atoms with Crippen molar-refractivity contribution in [3.63, 3.8) is 0 Å². The van der Waals surface area contributed by atoms with Gasteiger partial charge in [-0.3, -0.25) is 4.79 Å². The van der Waals surface area contributed by atoms with Crippen molar-refractivity contribution in [2.45, 2.75) is 20.3 Å². The van der Waals surface area contributed by atoms with Crippen molar-refractivity contribution in [1.29, 1.82) is 0 Å². The molecular formula is C17H16FNO. The van der Waals surface area contributed by atoms with Crippen molar-refractivity contribution < 1.29 is 9.18 Å². The molecule has 0 radical (unpaired) electrons. The van der Waals surface area contributed by atoms with Gasteiger partial charge in [-0.15, -0.1) is 0 Å². The van der Waals surface area contributed by atoms with E-state index >= 15 is 0 Å². The van der Waals surface area contributed by atoms with Crippen molar-refractivity contribution in [2.24, 2.45) is 0 Å². The number of ketones is 1. The van der Waals surface area contributed by atoms with E-state index in [1.54, 1.807) is 13.0 Å². The van der Waals surface area contributed by atoms with Crippen LogP contribution in [0.3, 0.4) is 0 Å². The van der Waals surface area contributed by atoms with Crippen LogP contribution in [0.4, 0.5) is 10.1 Å². The summed E-state index contributed by atoms with van der Waals surface area (Å²) in [6.45, 7) is 4.49. The van der Waals surface area contributed by atoms with E-state index in [0.29, 0.717) is 11.1 Å². The van der Waals surface area contributed by atoms with Crippen LogP contribution in [0.25, 0.3) is 0 Å². The number of rotatable bonds is 2. The van der Waals surface area contributed by atoms with Crippen molar-refractivity contribution in [3.8, 4) is 0 Å². The van der Waals surface area contributed by atoms with Gasteiger partial charge in [-0.05, 0) is 49.1 Å². The Morgan fingerprint density at radius 1 is 1.20 bits per heavy atom. The number of halogens is 1. The van der Waals surface area contributed by atoms with Crippen LogP contribution in [0.2, 0.25) is 0 Å². The normalized spacial score (nSPS) is 12.9. The Hall–Kier alpha value is -2.16. The first kappa shape index (κ1) is 12.9. The van der Waals surface area contributed by atoms with E-state index in [0.717, 1.165) is 24.2 Å². The second kappa shape index (κ2) is 4.75. The highest BCUT2D eigenvalue weighted by Gasteiger charge is 2.19. The van der Waals surface area contributed by atoms with Crippen LogP contribution in [0.15, 0.2) is 30.3 Å². The number of carbonyl (C=O) groups excluding carboxylic acids is 1. The van der Waals surface area contributed by atoms with Crippen molar-refractivity contribution >= 4 is 11.5 Å². The van der Waals surface area contributed by atoms with E-state index in [1.165, 1.54) is 11.6 Å². The Kier molecular flexibility index (Phi) is 3.05.